The van der Waals surface area contributed by atoms with Crippen LogP contribution in [0.25, 0.3) is 0 Å². The minimum atomic E-state index is -0.0310. The van der Waals surface area contributed by atoms with E-state index < -0.39 is 0 Å². The van der Waals surface area contributed by atoms with E-state index in [-0.39, 0.29) is 5.91 Å². The molecule has 0 saturated heterocycles. The molecule has 142 valence electrons. The number of carbonyl (C=O) groups excluding carboxylic acids is 1. The Balaban J connectivity index is 1.57. The molecule has 1 fully saturated rings. The molecule has 2 heterocycles. The van der Waals surface area contributed by atoms with Gasteiger partial charge in [-0.3, -0.25) is 4.79 Å². The highest BCUT2D eigenvalue weighted by Gasteiger charge is 2.25. The van der Waals surface area contributed by atoms with Crippen molar-refractivity contribution in [2.45, 2.75) is 64.3 Å². The van der Waals surface area contributed by atoms with Gasteiger partial charge in [-0.05, 0) is 44.2 Å². The zero-order valence-corrected chi connectivity index (χ0v) is 16.1. The quantitative estimate of drug-likeness (QED) is 0.814. The lowest BCUT2D eigenvalue weighted by molar-refractivity contribution is 0.0980. The monoisotopic (exact) mass is 364 g/mol. The highest BCUT2D eigenvalue weighted by molar-refractivity contribution is 6.05. The molecular formula is C22H28N4O. The number of anilines is 2. The summed E-state index contributed by atoms with van der Waals surface area (Å²) in [4.78, 5) is 24.1. The van der Waals surface area contributed by atoms with E-state index in [1.807, 2.05) is 36.1 Å². The number of nitrogens with zero attached hydrogens (tertiary/aromatic N) is 3. The first-order valence-corrected chi connectivity index (χ1v) is 10.2. The molecule has 0 bridgehead atoms. The highest BCUT2D eigenvalue weighted by Crippen LogP contribution is 2.28. The topological polar surface area (TPSA) is 58.1 Å². The van der Waals surface area contributed by atoms with Crippen LogP contribution in [0.2, 0.25) is 0 Å². The third-order valence-electron chi connectivity index (χ3n) is 5.62. The minimum Gasteiger partial charge on any atom is -0.367 e. The number of carbonyl (C=O) groups is 1. The third-order valence-corrected chi connectivity index (χ3v) is 5.62. The molecule has 1 aliphatic carbocycles. The van der Waals surface area contributed by atoms with E-state index in [0.29, 0.717) is 17.6 Å². The maximum atomic E-state index is 13.2. The molecule has 0 unspecified atom stereocenters. The molecule has 1 aliphatic heterocycles. The predicted molar refractivity (Wildman–Crippen MR) is 108 cm³/mol. The molecular weight excluding hydrogens is 336 g/mol. The van der Waals surface area contributed by atoms with Crippen molar-refractivity contribution in [3.63, 3.8) is 0 Å². The lowest BCUT2D eigenvalue weighted by atomic mass is 10.0. The van der Waals surface area contributed by atoms with E-state index in [1.165, 1.54) is 44.1 Å². The zero-order valence-electron chi connectivity index (χ0n) is 16.1. The molecule has 1 amide bonds. The van der Waals surface area contributed by atoms with Crippen molar-refractivity contribution in [1.29, 1.82) is 0 Å². The number of aromatic nitrogens is 2. The summed E-state index contributed by atoms with van der Waals surface area (Å²) in [6.07, 6.45) is 9.52. The lowest BCUT2D eigenvalue weighted by Gasteiger charge is -2.29. The smallest absolute Gasteiger partial charge is 0.277 e. The summed E-state index contributed by atoms with van der Waals surface area (Å²) in [7, 11) is 0. The Labute approximate surface area is 161 Å². The van der Waals surface area contributed by atoms with E-state index in [2.05, 4.69) is 21.4 Å². The van der Waals surface area contributed by atoms with Crippen molar-refractivity contribution < 1.29 is 4.79 Å². The second kappa shape index (κ2) is 8.07. The van der Waals surface area contributed by atoms with Crippen molar-refractivity contribution in [1.82, 2.24) is 9.97 Å². The van der Waals surface area contributed by atoms with Crippen LogP contribution in [-0.2, 0) is 6.42 Å². The summed E-state index contributed by atoms with van der Waals surface area (Å²) in [5.74, 6) is 1.39. The van der Waals surface area contributed by atoms with Crippen LogP contribution >= 0.6 is 0 Å². The molecule has 4 rings (SSSR count). The van der Waals surface area contributed by atoms with Crippen molar-refractivity contribution in [2.24, 2.45) is 0 Å². The predicted octanol–water partition coefficient (Wildman–Crippen LogP) is 4.51. The van der Waals surface area contributed by atoms with Crippen LogP contribution in [0.5, 0.6) is 0 Å². The maximum absolute atomic E-state index is 13.2. The number of hydrogen-bond donors (Lipinski definition) is 1. The molecule has 2 aliphatic rings. The number of rotatable bonds is 3. The fourth-order valence-corrected chi connectivity index (χ4v) is 4.27. The van der Waals surface area contributed by atoms with Crippen LogP contribution in [0.1, 0.15) is 66.8 Å². The number of fused-ring (bicyclic) bond motifs is 1. The van der Waals surface area contributed by atoms with Crippen LogP contribution in [0.4, 0.5) is 11.5 Å². The van der Waals surface area contributed by atoms with E-state index in [1.54, 1.807) is 0 Å². The summed E-state index contributed by atoms with van der Waals surface area (Å²) < 4.78 is 0. The molecule has 1 saturated carbocycles. The van der Waals surface area contributed by atoms with E-state index in [9.17, 15) is 4.79 Å². The zero-order chi connectivity index (χ0) is 18.6. The van der Waals surface area contributed by atoms with Gasteiger partial charge in [0.25, 0.3) is 5.91 Å². The van der Waals surface area contributed by atoms with Gasteiger partial charge in [-0.15, -0.1) is 0 Å². The Kier molecular flexibility index (Phi) is 5.37. The van der Waals surface area contributed by atoms with Crippen LogP contribution in [0.3, 0.4) is 0 Å². The number of nitrogens with one attached hydrogen (secondary N) is 1. The fourth-order valence-electron chi connectivity index (χ4n) is 4.27. The molecule has 1 aromatic carbocycles. The third kappa shape index (κ3) is 4.12. The number of amides is 1. The summed E-state index contributed by atoms with van der Waals surface area (Å²) in [5.41, 5.74) is 2.73. The summed E-state index contributed by atoms with van der Waals surface area (Å²) in [6.45, 7) is 2.60. The summed E-state index contributed by atoms with van der Waals surface area (Å²) >= 11 is 0. The normalized spacial score (nSPS) is 17.9. The van der Waals surface area contributed by atoms with Crippen LogP contribution in [-0.4, -0.2) is 28.5 Å². The van der Waals surface area contributed by atoms with Crippen LogP contribution in [0.15, 0.2) is 30.3 Å². The SMILES string of the molecule is Cc1nc(NC2CCCCCC2)cc(C(=O)N2CCCc3ccccc32)n1. The molecule has 0 radical (unpaired) electrons. The number of aryl methyl sites for hydroxylation is 2. The van der Waals surface area contributed by atoms with Crippen LogP contribution < -0.4 is 10.2 Å². The van der Waals surface area contributed by atoms with Crippen molar-refractivity contribution in [3.05, 3.63) is 47.4 Å². The fraction of sp³-hybridized carbons (Fsp3) is 0.500. The summed E-state index contributed by atoms with van der Waals surface area (Å²) in [5, 5.41) is 3.56. The van der Waals surface area contributed by atoms with Gasteiger partial charge >= 0.3 is 0 Å². The first-order chi connectivity index (χ1) is 13.2. The van der Waals surface area contributed by atoms with Gasteiger partial charge in [0.15, 0.2) is 0 Å². The highest BCUT2D eigenvalue weighted by atomic mass is 16.2. The molecule has 1 aromatic heterocycles. The molecule has 2 aromatic rings. The second-order valence-electron chi connectivity index (χ2n) is 7.71. The second-order valence-corrected chi connectivity index (χ2v) is 7.71. The molecule has 5 nitrogen and oxygen atoms in total. The van der Waals surface area contributed by atoms with Gasteiger partial charge in [0.2, 0.25) is 0 Å². The van der Waals surface area contributed by atoms with E-state index in [4.69, 9.17) is 0 Å². The van der Waals surface area contributed by atoms with Gasteiger partial charge in [-0.1, -0.05) is 43.9 Å². The Morgan fingerprint density at radius 1 is 1.07 bits per heavy atom. The number of benzene rings is 1. The average Bonchev–Trinajstić information content (AvgIpc) is 2.95. The number of para-hydroxylation sites is 1. The molecule has 5 heteroatoms. The molecule has 0 spiro atoms. The maximum Gasteiger partial charge on any atom is 0.277 e. The molecule has 0 atom stereocenters. The largest absolute Gasteiger partial charge is 0.367 e. The first kappa shape index (κ1) is 18.0. The van der Waals surface area contributed by atoms with Gasteiger partial charge in [0.1, 0.15) is 17.3 Å². The van der Waals surface area contributed by atoms with Gasteiger partial charge in [0.05, 0.1) is 0 Å². The van der Waals surface area contributed by atoms with Gasteiger partial charge < -0.3 is 10.2 Å². The van der Waals surface area contributed by atoms with Crippen molar-refractivity contribution >= 4 is 17.4 Å². The standard InChI is InChI=1S/C22H28N4O/c1-16-23-19(15-21(24-16)25-18-11-4-2-3-5-12-18)22(27)26-14-8-10-17-9-6-7-13-20(17)26/h6-7,9,13,15,18H,2-5,8,10-12,14H2,1H3,(H,23,24,25). The van der Waals surface area contributed by atoms with Gasteiger partial charge in [-0.2, -0.15) is 0 Å². The number of hydrogen-bond acceptors (Lipinski definition) is 4. The molecule has 1 N–H and O–H groups in total. The van der Waals surface area contributed by atoms with E-state index in [0.717, 1.165) is 30.9 Å². The van der Waals surface area contributed by atoms with Gasteiger partial charge in [0, 0.05) is 24.3 Å². The Morgan fingerprint density at radius 3 is 2.67 bits per heavy atom. The Bertz CT molecular complexity index is 812. The minimum absolute atomic E-state index is 0.0310. The first-order valence-electron chi connectivity index (χ1n) is 10.2. The van der Waals surface area contributed by atoms with Crippen molar-refractivity contribution in [3.8, 4) is 0 Å². The van der Waals surface area contributed by atoms with Gasteiger partial charge in [-0.25, -0.2) is 9.97 Å². The molecule has 27 heavy (non-hydrogen) atoms. The summed E-state index contributed by atoms with van der Waals surface area (Å²) in [6, 6.07) is 10.5. The Morgan fingerprint density at radius 2 is 1.85 bits per heavy atom. The Hall–Kier alpha value is -2.43. The van der Waals surface area contributed by atoms with Crippen LogP contribution in [0, 0.1) is 6.92 Å². The average molecular weight is 364 g/mol. The lowest BCUT2D eigenvalue weighted by Crippen LogP contribution is -2.36. The van der Waals surface area contributed by atoms with E-state index >= 15 is 0 Å². The van der Waals surface area contributed by atoms with Crippen molar-refractivity contribution in [2.75, 3.05) is 16.8 Å².